The Morgan fingerprint density at radius 1 is 1.12 bits per heavy atom. The zero-order valence-corrected chi connectivity index (χ0v) is 26.2. The molecule has 6 rings (SSSR count). The van der Waals surface area contributed by atoms with Crippen molar-refractivity contribution in [3.8, 4) is 11.8 Å². The van der Waals surface area contributed by atoms with Crippen molar-refractivity contribution in [1.29, 1.82) is 0 Å². The van der Waals surface area contributed by atoms with Crippen molar-refractivity contribution in [3.63, 3.8) is 0 Å². The molecule has 1 aliphatic carbocycles. The second kappa shape index (κ2) is 12.5. The average Bonchev–Trinajstić information content (AvgIpc) is 3.64. The maximum Gasteiger partial charge on any atom is 0.318 e. The lowest BCUT2D eigenvalue weighted by Crippen LogP contribution is -2.34. The van der Waals surface area contributed by atoms with Crippen LogP contribution < -0.4 is 9.64 Å². The molecule has 1 saturated carbocycles. The molecule has 2 fully saturated rings. The van der Waals surface area contributed by atoms with Crippen molar-refractivity contribution in [3.05, 3.63) is 52.7 Å². The van der Waals surface area contributed by atoms with Gasteiger partial charge in [-0.3, -0.25) is 4.79 Å². The third-order valence-corrected chi connectivity index (χ3v) is 8.87. The van der Waals surface area contributed by atoms with Crippen LogP contribution >= 0.6 is 0 Å². The van der Waals surface area contributed by atoms with Crippen LogP contribution in [0.5, 0.6) is 11.8 Å². The van der Waals surface area contributed by atoms with Gasteiger partial charge in [-0.15, -0.1) is 0 Å². The minimum absolute atomic E-state index is 0.0967. The Morgan fingerprint density at radius 3 is 2.64 bits per heavy atom. The molecule has 8 heteroatoms. The van der Waals surface area contributed by atoms with Gasteiger partial charge in [0, 0.05) is 30.1 Å². The van der Waals surface area contributed by atoms with Crippen molar-refractivity contribution >= 4 is 22.5 Å². The zero-order valence-electron chi connectivity index (χ0n) is 26.2. The van der Waals surface area contributed by atoms with Gasteiger partial charge in [0.1, 0.15) is 11.6 Å². The summed E-state index contributed by atoms with van der Waals surface area (Å²) in [5, 5.41) is 12.2. The lowest BCUT2D eigenvalue weighted by Gasteiger charge is -2.30. The first-order valence-electron chi connectivity index (χ1n) is 15.7. The summed E-state index contributed by atoms with van der Waals surface area (Å²) in [6.45, 7) is 11.7. The van der Waals surface area contributed by atoms with E-state index in [9.17, 15) is 9.90 Å². The maximum atomic E-state index is 14.0. The Hall–Kier alpha value is -3.39. The molecule has 1 N–H and O–H groups in total. The zero-order chi connectivity index (χ0) is 30.0. The van der Waals surface area contributed by atoms with Crippen LogP contribution in [0.3, 0.4) is 0 Å². The number of benzene rings is 2. The summed E-state index contributed by atoms with van der Waals surface area (Å²) in [5.41, 5.74) is 3.60. The summed E-state index contributed by atoms with van der Waals surface area (Å²) in [7, 11) is 4.21. The molecule has 0 spiro atoms. The molecule has 1 aromatic heterocycles. The topological polar surface area (TPSA) is 82.0 Å². The number of carbonyl (C=O) groups is 1. The van der Waals surface area contributed by atoms with E-state index < -0.39 is 0 Å². The van der Waals surface area contributed by atoms with Gasteiger partial charge in [0.05, 0.1) is 31.0 Å². The largest absolute Gasteiger partial charge is 0.508 e. The molecule has 1 atom stereocenters. The summed E-state index contributed by atoms with van der Waals surface area (Å²) in [5.74, 6) is 0.909. The van der Waals surface area contributed by atoms with E-state index in [2.05, 4.69) is 30.8 Å². The molecule has 0 radical (unpaired) electrons. The molecule has 2 aromatic carbocycles. The molecule has 1 amide bonds. The molecule has 1 unspecified atom stereocenters. The van der Waals surface area contributed by atoms with Crippen LogP contribution in [0.1, 0.15) is 86.5 Å². The predicted octanol–water partition coefficient (Wildman–Crippen LogP) is 6.32. The number of carbonyl (C=O) groups excluding carboxylic acids is 1. The summed E-state index contributed by atoms with van der Waals surface area (Å²) in [6, 6.07) is 9.99. The number of phenols is 1. The lowest BCUT2D eigenvalue weighted by molar-refractivity contribution is 0.0752. The fourth-order valence-corrected chi connectivity index (χ4v) is 6.60. The van der Waals surface area contributed by atoms with E-state index in [1.165, 1.54) is 12.8 Å². The summed E-state index contributed by atoms with van der Waals surface area (Å²) >= 11 is 0. The molecule has 3 heterocycles. The van der Waals surface area contributed by atoms with Gasteiger partial charge < -0.3 is 24.5 Å². The number of aromatic nitrogens is 2. The van der Waals surface area contributed by atoms with Gasteiger partial charge >= 0.3 is 6.01 Å². The smallest absolute Gasteiger partial charge is 0.318 e. The number of hydrogen-bond donors (Lipinski definition) is 1. The van der Waals surface area contributed by atoms with Gasteiger partial charge in [-0.25, -0.2) is 0 Å². The summed E-state index contributed by atoms with van der Waals surface area (Å²) in [4.78, 5) is 30.4. The van der Waals surface area contributed by atoms with Crippen LogP contribution in [0, 0.1) is 12.3 Å². The Balaban J connectivity index is 0.00000173. The van der Waals surface area contributed by atoms with E-state index in [1.807, 2.05) is 43.9 Å². The number of aromatic hydroxyl groups is 1. The molecule has 2 aliphatic heterocycles. The Kier molecular flexibility index (Phi) is 8.92. The Morgan fingerprint density at radius 2 is 1.90 bits per heavy atom. The third kappa shape index (κ3) is 6.19. The minimum Gasteiger partial charge on any atom is -0.508 e. The number of rotatable bonds is 7. The number of hydrogen-bond acceptors (Lipinski definition) is 7. The Bertz CT molecular complexity index is 1430. The molecular formula is C34H47N5O3. The number of nitrogens with zero attached hydrogens (tertiary/aromatic N) is 5. The standard InChI is InChI=1S/C32H41N5O3.C2H6/c1-21-9-8-11-23-15-24(38)16-25(28(21)23)30(39)36-17-26-27(18-36)33-31(40-20-32(12-13-32)19-35(3)4)34-29(26)37-14-7-5-6-10-22(37)2;1-2/h8-9,11,15-16,22,38H,5-7,10,12-14,17-20H2,1-4H3;1-2H3. The number of anilines is 1. The summed E-state index contributed by atoms with van der Waals surface area (Å²) in [6.07, 6.45) is 7.01. The van der Waals surface area contributed by atoms with Gasteiger partial charge in [-0.05, 0) is 82.1 Å². The van der Waals surface area contributed by atoms with Crippen LogP contribution in [0.2, 0.25) is 0 Å². The maximum absolute atomic E-state index is 14.0. The number of aryl methyl sites for hydroxylation is 1. The minimum atomic E-state index is -0.103. The number of amides is 1. The Labute approximate surface area is 250 Å². The first-order chi connectivity index (χ1) is 20.2. The van der Waals surface area contributed by atoms with Crippen molar-refractivity contribution in [2.24, 2.45) is 5.41 Å². The summed E-state index contributed by atoms with van der Waals surface area (Å²) < 4.78 is 6.31. The molecule has 8 nitrogen and oxygen atoms in total. The van der Waals surface area contributed by atoms with Crippen molar-refractivity contribution in [1.82, 2.24) is 19.8 Å². The molecule has 1 saturated heterocycles. The molecule has 3 aromatic rings. The first kappa shape index (κ1) is 30.1. The average molecular weight is 574 g/mol. The normalized spacial score (nSPS) is 19.3. The van der Waals surface area contributed by atoms with Crippen molar-refractivity contribution < 1.29 is 14.6 Å². The predicted molar refractivity (Wildman–Crippen MR) is 168 cm³/mol. The van der Waals surface area contributed by atoms with E-state index in [0.29, 0.717) is 37.3 Å². The number of ether oxygens (including phenoxy) is 1. The molecule has 42 heavy (non-hydrogen) atoms. The highest BCUT2D eigenvalue weighted by atomic mass is 16.5. The molecular weight excluding hydrogens is 526 g/mol. The first-order valence-corrected chi connectivity index (χ1v) is 15.7. The van der Waals surface area contributed by atoms with E-state index in [4.69, 9.17) is 14.7 Å². The highest BCUT2D eigenvalue weighted by Crippen LogP contribution is 2.46. The fourth-order valence-electron chi connectivity index (χ4n) is 6.60. The molecule has 3 aliphatic rings. The lowest BCUT2D eigenvalue weighted by atomic mass is 9.98. The number of fused-ring (bicyclic) bond motifs is 2. The monoisotopic (exact) mass is 573 g/mol. The van der Waals surface area contributed by atoms with Crippen molar-refractivity contribution in [2.45, 2.75) is 85.4 Å². The van der Waals surface area contributed by atoms with Crippen LogP contribution in [-0.2, 0) is 13.1 Å². The van der Waals surface area contributed by atoms with Crippen LogP contribution in [0.15, 0.2) is 30.3 Å². The third-order valence-electron chi connectivity index (χ3n) is 8.87. The van der Waals surface area contributed by atoms with Gasteiger partial charge in [0.2, 0.25) is 0 Å². The highest BCUT2D eigenvalue weighted by Gasteiger charge is 2.44. The van der Waals surface area contributed by atoms with Crippen LogP contribution in [0.4, 0.5) is 5.82 Å². The second-order valence-electron chi connectivity index (χ2n) is 12.5. The van der Waals surface area contributed by atoms with Crippen LogP contribution in [0.25, 0.3) is 10.8 Å². The van der Waals surface area contributed by atoms with Gasteiger partial charge in [0.15, 0.2) is 0 Å². The van der Waals surface area contributed by atoms with Gasteiger partial charge in [-0.2, -0.15) is 9.97 Å². The van der Waals surface area contributed by atoms with E-state index in [0.717, 1.165) is 72.2 Å². The van der Waals surface area contributed by atoms with E-state index in [1.54, 1.807) is 12.1 Å². The second-order valence-corrected chi connectivity index (χ2v) is 12.5. The van der Waals surface area contributed by atoms with E-state index >= 15 is 0 Å². The van der Waals surface area contributed by atoms with Gasteiger partial charge in [-0.1, -0.05) is 44.9 Å². The quantitative estimate of drug-likeness (QED) is 0.354. The SMILES string of the molecule is CC.Cc1cccc2cc(O)cc(C(=O)N3Cc4nc(OCC5(CN(C)C)CC5)nc(N5CCCCCC5C)c4C3)c12. The highest BCUT2D eigenvalue weighted by molar-refractivity contribution is 6.09. The van der Waals surface area contributed by atoms with Gasteiger partial charge in [0.25, 0.3) is 5.91 Å². The van der Waals surface area contributed by atoms with E-state index in [-0.39, 0.29) is 17.1 Å². The van der Waals surface area contributed by atoms with Crippen molar-refractivity contribution in [2.75, 3.05) is 38.7 Å². The molecule has 0 bridgehead atoms. The number of phenolic OH excluding ortho intramolecular Hbond substituents is 1. The fraction of sp³-hybridized carbons (Fsp3) is 0.559. The molecule has 226 valence electrons. The van der Waals surface area contributed by atoms with Crippen LogP contribution in [-0.4, -0.2) is 70.6 Å².